The summed E-state index contributed by atoms with van der Waals surface area (Å²) in [5.74, 6) is 0.921. The first-order valence-electron chi connectivity index (χ1n) is 8.56. The standard InChI is InChI=1S/C18H26N2O3/c1-3-14(2)20-13-15-4-5-16(12-17(15)18(20)21)23-11-8-19-6-9-22-10-7-19/h4-5,12,14H,3,6-11,13H2,1-2H3. The first-order valence-corrected chi connectivity index (χ1v) is 8.56. The summed E-state index contributed by atoms with van der Waals surface area (Å²) in [4.78, 5) is 16.8. The molecule has 1 atom stereocenters. The number of hydrogen-bond donors (Lipinski definition) is 0. The van der Waals surface area contributed by atoms with Crippen molar-refractivity contribution in [2.45, 2.75) is 32.9 Å². The molecule has 5 nitrogen and oxygen atoms in total. The van der Waals surface area contributed by atoms with Gasteiger partial charge in [-0.05, 0) is 31.0 Å². The number of amides is 1. The van der Waals surface area contributed by atoms with Crippen LogP contribution in [0.15, 0.2) is 18.2 Å². The molecule has 0 aromatic heterocycles. The van der Waals surface area contributed by atoms with Crippen molar-refractivity contribution in [1.82, 2.24) is 9.80 Å². The molecule has 1 unspecified atom stereocenters. The third-order valence-electron chi connectivity index (χ3n) is 4.82. The number of rotatable bonds is 6. The molecule has 1 saturated heterocycles. The lowest BCUT2D eigenvalue weighted by atomic mass is 10.1. The van der Waals surface area contributed by atoms with E-state index in [-0.39, 0.29) is 11.9 Å². The maximum absolute atomic E-state index is 12.5. The second-order valence-electron chi connectivity index (χ2n) is 6.31. The Hall–Kier alpha value is -1.59. The Labute approximate surface area is 138 Å². The summed E-state index contributed by atoms with van der Waals surface area (Å²) in [5, 5.41) is 0. The third-order valence-corrected chi connectivity index (χ3v) is 4.82. The topological polar surface area (TPSA) is 42.0 Å². The van der Waals surface area contributed by atoms with Gasteiger partial charge in [-0.15, -0.1) is 0 Å². The molecule has 0 radical (unpaired) electrons. The molecule has 0 spiro atoms. The van der Waals surface area contributed by atoms with Crippen LogP contribution in [0.25, 0.3) is 0 Å². The molecule has 2 heterocycles. The van der Waals surface area contributed by atoms with E-state index in [4.69, 9.17) is 9.47 Å². The highest BCUT2D eigenvalue weighted by atomic mass is 16.5. The van der Waals surface area contributed by atoms with E-state index in [1.807, 2.05) is 23.1 Å². The Morgan fingerprint density at radius 3 is 2.83 bits per heavy atom. The number of carbonyl (C=O) groups excluding carboxylic acids is 1. The van der Waals surface area contributed by atoms with Gasteiger partial charge in [-0.3, -0.25) is 9.69 Å². The first kappa shape index (κ1) is 16.3. The van der Waals surface area contributed by atoms with E-state index < -0.39 is 0 Å². The molecule has 3 rings (SSSR count). The van der Waals surface area contributed by atoms with E-state index in [0.29, 0.717) is 6.61 Å². The summed E-state index contributed by atoms with van der Waals surface area (Å²) in [6, 6.07) is 6.19. The normalized spacial score (nSPS) is 19.7. The molecule has 0 aliphatic carbocycles. The summed E-state index contributed by atoms with van der Waals surface area (Å²) >= 11 is 0. The van der Waals surface area contributed by atoms with Crippen molar-refractivity contribution < 1.29 is 14.3 Å². The first-order chi connectivity index (χ1) is 11.2. The lowest BCUT2D eigenvalue weighted by Crippen LogP contribution is -2.38. The molecule has 1 fully saturated rings. The van der Waals surface area contributed by atoms with Gasteiger partial charge in [0.1, 0.15) is 12.4 Å². The average Bonchev–Trinajstić information content (AvgIpc) is 2.92. The van der Waals surface area contributed by atoms with Crippen LogP contribution in [-0.4, -0.2) is 61.2 Å². The Morgan fingerprint density at radius 2 is 2.09 bits per heavy atom. The number of morpholine rings is 1. The van der Waals surface area contributed by atoms with Crippen LogP contribution in [0.5, 0.6) is 5.75 Å². The predicted octanol–water partition coefficient (Wildman–Crippen LogP) is 2.15. The van der Waals surface area contributed by atoms with Gasteiger partial charge >= 0.3 is 0 Å². The molecular formula is C18H26N2O3. The SMILES string of the molecule is CCC(C)N1Cc2ccc(OCCN3CCOCC3)cc2C1=O. The summed E-state index contributed by atoms with van der Waals surface area (Å²) in [6.07, 6.45) is 0.975. The minimum Gasteiger partial charge on any atom is -0.492 e. The van der Waals surface area contributed by atoms with Gasteiger partial charge in [0, 0.05) is 37.8 Å². The number of benzene rings is 1. The molecule has 1 amide bonds. The molecule has 2 aliphatic heterocycles. The van der Waals surface area contributed by atoms with Gasteiger partial charge < -0.3 is 14.4 Å². The van der Waals surface area contributed by atoms with Crippen LogP contribution in [0.3, 0.4) is 0 Å². The van der Waals surface area contributed by atoms with Gasteiger partial charge in [-0.1, -0.05) is 13.0 Å². The lowest BCUT2D eigenvalue weighted by molar-refractivity contribution is 0.0322. The molecule has 2 aliphatic rings. The molecule has 0 saturated carbocycles. The van der Waals surface area contributed by atoms with Crippen molar-refractivity contribution in [3.05, 3.63) is 29.3 Å². The average molecular weight is 318 g/mol. The van der Waals surface area contributed by atoms with Crippen LogP contribution in [-0.2, 0) is 11.3 Å². The van der Waals surface area contributed by atoms with Crippen LogP contribution in [0, 0.1) is 0 Å². The zero-order valence-electron chi connectivity index (χ0n) is 14.1. The largest absolute Gasteiger partial charge is 0.492 e. The van der Waals surface area contributed by atoms with Gasteiger partial charge in [0.2, 0.25) is 0 Å². The second kappa shape index (κ2) is 7.32. The molecule has 5 heteroatoms. The Morgan fingerprint density at radius 1 is 1.30 bits per heavy atom. The zero-order chi connectivity index (χ0) is 16.2. The maximum Gasteiger partial charge on any atom is 0.254 e. The van der Waals surface area contributed by atoms with Crippen LogP contribution in [0.1, 0.15) is 36.2 Å². The van der Waals surface area contributed by atoms with Crippen molar-refractivity contribution >= 4 is 5.91 Å². The molecule has 23 heavy (non-hydrogen) atoms. The Balaban J connectivity index is 1.57. The van der Waals surface area contributed by atoms with Crippen LogP contribution in [0.4, 0.5) is 0 Å². The van der Waals surface area contributed by atoms with Crippen molar-refractivity contribution in [3.8, 4) is 5.75 Å². The predicted molar refractivity (Wildman–Crippen MR) is 88.8 cm³/mol. The molecule has 1 aromatic carbocycles. The van der Waals surface area contributed by atoms with Gasteiger partial charge in [0.25, 0.3) is 5.91 Å². The number of fused-ring (bicyclic) bond motifs is 1. The smallest absolute Gasteiger partial charge is 0.254 e. The number of hydrogen-bond acceptors (Lipinski definition) is 4. The van der Waals surface area contributed by atoms with E-state index in [2.05, 4.69) is 18.7 Å². The fraction of sp³-hybridized carbons (Fsp3) is 0.611. The van der Waals surface area contributed by atoms with Gasteiger partial charge in [0.05, 0.1) is 13.2 Å². The molecular weight excluding hydrogens is 292 g/mol. The highest BCUT2D eigenvalue weighted by Crippen LogP contribution is 2.28. The van der Waals surface area contributed by atoms with E-state index in [1.54, 1.807) is 0 Å². The molecule has 126 valence electrons. The highest BCUT2D eigenvalue weighted by molar-refractivity contribution is 5.98. The van der Waals surface area contributed by atoms with E-state index in [9.17, 15) is 4.79 Å². The van der Waals surface area contributed by atoms with E-state index in [1.165, 1.54) is 0 Å². The lowest BCUT2D eigenvalue weighted by Gasteiger charge is -2.26. The molecule has 0 N–H and O–H groups in total. The van der Waals surface area contributed by atoms with Gasteiger partial charge in [-0.2, -0.15) is 0 Å². The summed E-state index contributed by atoms with van der Waals surface area (Å²) in [6.45, 7) is 10.0. The Kier molecular flexibility index (Phi) is 5.18. The molecule has 1 aromatic rings. The highest BCUT2D eigenvalue weighted by Gasteiger charge is 2.30. The third kappa shape index (κ3) is 3.67. The summed E-state index contributed by atoms with van der Waals surface area (Å²) in [5.41, 5.74) is 1.91. The summed E-state index contributed by atoms with van der Waals surface area (Å²) < 4.78 is 11.2. The monoisotopic (exact) mass is 318 g/mol. The quantitative estimate of drug-likeness (QED) is 0.806. The van der Waals surface area contributed by atoms with Crippen molar-refractivity contribution in [2.24, 2.45) is 0 Å². The maximum atomic E-state index is 12.5. The van der Waals surface area contributed by atoms with E-state index in [0.717, 1.165) is 62.7 Å². The van der Waals surface area contributed by atoms with E-state index >= 15 is 0 Å². The summed E-state index contributed by atoms with van der Waals surface area (Å²) in [7, 11) is 0. The van der Waals surface area contributed by atoms with Crippen LogP contribution < -0.4 is 4.74 Å². The fourth-order valence-electron chi connectivity index (χ4n) is 3.09. The van der Waals surface area contributed by atoms with Crippen molar-refractivity contribution in [1.29, 1.82) is 0 Å². The van der Waals surface area contributed by atoms with Crippen LogP contribution in [0.2, 0.25) is 0 Å². The van der Waals surface area contributed by atoms with Crippen LogP contribution >= 0.6 is 0 Å². The fourth-order valence-corrected chi connectivity index (χ4v) is 3.09. The van der Waals surface area contributed by atoms with Gasteiger partial charge in [-0.25, -0.2) is 0 Å². The second-order valence-corrected chi connectivity index (χ2v) is 6.31. The molecule has 0 bridgehead atoms. The van der Waals surface area contributed by atoms with Crippen molar-refractivity contribution in [2.75, 3.05) is 39.5 Å². The minimum absolute atomic E-state index is 0.132. The van der Waals surface area contributed by atoms with Gasteiger partial charge in [0.15, 0.2) is 0 Å². The zero-order valence-corrected chi connectivity index (χ0v) is 14.1. The number of carbonyl (C=O) groups is 1. The van der Waals surface area contributed by atoms with Crippen molar-refractivity contribution in [3.63, 3.8) is 0 Å². The Bertz CT molecular complexity index is 555. The number of ether oxygens (including phenoxy) is 2. The number of nitrogens with zero attached hydrogens (tertiary/aromatic N) is 2. The minimum atomic E-state index is 0.132.